The minimum Gasteiger partial charge on any atom is -0.386 e. The number of methoxy groups -OCH3 is 1. The number of halogens is 1. The summed E-state index contributed by atoms with van der Waals surface area (Å²) in [5, 5.41) is 0. The molecule has 5 heteroatoms. The second kappa shape index (κ2) is 6.44. The summed E-state index contributed by atoms with van der Waals surface area (Å²) in [6.07, 6.45) is 5.15. The van der Waals surface area contributed by atoms with Crippen LogP contribution in [0.15, 0.2) is 35.1 Å². The third-order valence-corrected chi connectivity index (χ3v) is 7.08. The second-order valence-corrected chi connectivity index (χ2v) is 8.59. The van der Waals surface area contributed by atoms with E-state index < -0.39 is 5.41 Å². The van der Waals surface area contributed by atoms with Crippen LogP contribution >= 0.6 is 15.9 Å². The van der Waals surface area contributed by atoms with Crippen LogP contribution in [0.1, 0.15) is 43.7 Å². The Morgan fingerprint density at radius 1 is 1.40 bits per heavy atom. The number of nitrogens with zero attached hydrogens (tertiary/aromatic N) is 1. The van der Waals surface area contributed by atoms with Gasteiger partial charge in [-0.3, -0.25) is 4.79 Å². The number of benzene rings is 1. The zero-order chi connectivity index (χ0) is 18.4. The van der Waals surface area contributed by atoms with Gasteiger partial charge in [0.25, 0.3) is 0 Å². The number of nitrogens with two attached hydrogens (primary N) is 1. The summed E-state index contributed by atoms with van der Waals surface area (Å²) in [6, 6.07) is 6.33. The number of amides is 1. The topological polar surface area (TPSA) is 55.6 Å². The molecule has 1 fully saturated rings. The van der Waals surface area contributed by atoms with E-state index in [2.05, 4.69) is 47.6 Å². The van der Waals surface area contributed by atoms with Gasteiger partial charge in [-0.25, -0.2) is 0 Å². The lowest BCUT2D eigenvalue weighted by Crippen LogP contribution is -2.54. The van der Waals surface area contributed by atoms with Gasteiger partial charge in [-0.05, 0) is 67.7 Å². The molecule has 4 nitrogen and oxygen atoms in total. The van der Waals surface area contributed by atoms with E-state index in [0.29, 0.717) is 6.10 Å². The summed E-state index contributed by atoms with van der Waals surface area (Å²) in [6.45, 7) is 5.86. The summed E-state index contributed by atoms with van der Waals surface area (Å²) in [4.78, 5) is 15.1. The predicted octanol–water partition coefficient (Wildman–Crippen LogP) is 3.73. The third-order valence-electron chi connectivity index (χ3n) is 6.59. The molecule has 0 aromatic heterocycles. The van der Waals surface area contributed by atoms with E-state index in [0.717, 1.165) is 42.1 Å². The monoisotopic (exact) mass is 406 g/mol. The number of carbonyl (C=O) groups is 1. The number of likely N-dealkylation sites (N-methyl/N-ethyl adjacent to an activating group) is 1. The number of carbonyl (C=O) groups excluding carboxylic acids is 1. The maximum atomic E-state index is 13.5. The first-order valence-corrected chi connectivity index (χ1v) is 9.59. The zero-order valence-corrected chi connectivity index (χ0v) is 16.9. The van der Waals surface area contributed by atoms with Gasteiger partial charge in [-0.2, -0.15) is 0 Å². The SMILES string of the molecule is C=C(N)N(C)C(=O)C1(C)c2cc(Br)ccc2CC12CCC(OC)CC2. The Bertz CT molecular complexity index is 710. The molecule has 1 aromatic rings. The van der Waals surface area contributed by atoms with Crippen LogP contribution in [-0.4, -0.2) is 31.1 Å². The largest absolute Gasteiger partial charge is 0.386 e. The molecule has 0 saturated heterocycles. The molecule has 2 aliphatic carbocycles. The van der Waals surface area contributed by atoms with Crippen molar-refractivity contribution in [2.24, 2.45) is 11.1 Å². The number of hydrogen-bond donors (Lipinski definition) is 1. The van der Waals surface area contributed by atoms with Gasteiger partial charge in [-0.15, -0.1) is 0 Å². The highest BCUT2D eigenvalue weighted by Crippen LogP contribution is 2.60. The number of fused-ring (bicyclic) bond motifs is 1. The lowest BCUT2D eigenvalue weighted by atomic mass is 9.57. The van der Waals surface area contributed by atoms with Crippen molar-refractivity contribution in [3.63, 3.8) is 0 Å². The number of ether oxygens (including phenoxy) is 1. The molecule has 136 valence electrons. The van der Waals surface area contributed by atoms with E-state index in [4.69, 9.17) is 10.5 Å². The Hall–Kier alpha value is -1.33. The number of hydrogen-bond acceptors (Lipinski definition) is 3. The molecule has 3 rings (SSSR count). The van der Waals surface area contributed by atoms with Gasteiger partial charge in [0.15, 0.2) is 0 Å². The molecule has 1 saturated carbocycles. The van der Waals surface area contributed by atoms with Gasteiger partial charge in [0, 0.05) is 18.6 Å². The maximum Gasteiger partial charge on any atom is 0.238 e. The lowest BCUT2D eigenvalue weighted by Gasteiger charge is -2.48. The molecule has 1 spiro atoms. The molecule has 25 heavy (non-hydrogen) atoms. The first kappa shape index (κ1) is 18.5. The molecule has 1 aromatic carbocycles. The quantitative estimate of drug-likeness (QED) is 0.831. The first-order valence-electron chi connectivity index (χ1n) is 8.79. The summed E-state index contributed by atoms with van der Waals surface area (Å²) < 4.78 is 6.57. The van der Waals surface area contributed by atoms with Gasteiger partial charge in [0.1, 0.15) is 0 Å². The van der Waals surface area contributed by atoms with E-state index in [1.54, 1.807) is 14.2 Å². The molecule has 1 amide bonds. The van der Waals surface area contributed by atoms with Crippen LogP contribution in [0.2, 0.25) is 0 Å². The van der Waals surface area contributed by atoms with Gasteiger partial charge >= 0.3 is 0 Å². The van der Waals surface area contributed by atoms with Crippen LogP contribution in [0.4, 0.5) is 0 Å². The Balaban J connectivity index is 2.10. The summed E-state index contributed by atoms with van der Waals surface area (Å²) in [5.74, 6) is 0.322. The van der Waals surface area contributed by atoms with Crippen LogP contribution in [0, 0.1) is 5.41 Å². The van der Waals surface area contributed by atoms with E-state index >= 15 is 0 Å². The molecule has 2 aliphatic rings. The normalized spacial score (nSPS) is 31.0. The highest BCUT2D eigenvalue weighted by Gasteiger charge is 2.60. The van der Waals surface area contributed by atoms with Gasteiger partial charge in [0.2, 0.25) is 5.91 Å². The van der Waals surface area contributed by atoms with Crippen molar-refractivity contribution in [3.05, 3.63) is 46.2 Å². The molecule has 0 bridgehead atoms. The maximum absolute atomic E-state index is 13.5. The molecular weight excluding hydrogens is 380 g/mol. The van der Waals surface area contributed by atoms with Crippen LogP contribution in [0.3, 0.4) is 0 Å². The van der Waals surface area contributed by atoms with E-state index in [-0.39, 0.29) is 17.1 Å². The minimum absolute atomic E-state index is 0.0349. The first-order chi connectivity index (χ1) is 11.7. The van der Waals surface area contributed by atoms with Crippen LogP contribution in [-0.2, 0) is 21.4 Å². The molecule has 0 heterocycles. The Morgan fingerprint density at radius 2 is 2.04 bits per heavy atom. The molecule has 0 aliphatic heterocycles. The van der Waals surface area contributed by atoms with Gasteiger partial charge in [0.05, 0.1) is 17.3 Å². The van der Waals surface area contributed by atoms with Crippen molar-refractivity contribution < 1.29 is 9.53 Å². The van der Waals surface area contributed by atoms with Gasteiger partial charge in [-0.1, -0.05) is 28.6 Å². The van der Waals surface area contributed by atoms with Crippen molar-refractivity contribution in [1.29, 1.82) is 0 Å². The molecule has 1 unspecified atom stereocenters. The fraction of sp³-hybridized carbons (Fsp3) is 0.550. The van der Waals surface area contributed by atoms with Crippen molar-refractivity contribution in [3.8, 4) is 0 Å². The van der Waals surface area contributed by atoms with Crippen LogP contribution < -0.4 is 5.73 Å². The summed E-state index contributed by atoms with van der Waals surface area (Å²) >= 11 is 3.58. The smallest absolute Gasteiger partial charge is 0.238 e. The number of rotatable bonds is 3. The average Bonchev–Trinajstić information content (AvgIpc) is 2.84. The van der Waals surface area contributed by atoms with E-state index in [1.165, 1.54) is 10.5 Å². The zero-order valence-electron chi connectivity index (χ0n) is 15.3. The minimum atomic E-state index is -0.609. The molecular formula is C20H27BrN2O2. The van der Waals surface area contributed by atoms with Crippen molar-refractivity contribution in [2.45, 2.75) is 50.5 Å². The van der Waals surface area contributed by atoms with E-state index in [1.807, 2.05) is 0 Å². The van der Waals surface area contributed by atoms with Crippen LogP contribution in [0.25, 0.3) is 0 Å². The van der Waals surface area contributed by atoms with Crippen molar-refractivity contribution in [1.82, 2.24) is 4.90 Å². The average molecular weight is 407 g/mol. The Kier molecular flexibility index (Phi) is 4.75. The Labute approximate surface area is 158 Å². The lowest BCUT2D eigenvalue weighted by molar-refractivity contribution is -0.140. The fourth-order valence-electron chi connectivity index (χ4n) is 4.86. The highest BCUT2D eigenvalue weighted by atomic mass is 79.9. The molecule has 2 N–H and O–H groups in total. The second-order valence-electron chi connectivity index (χ2n) is 7.67. The molecule has 1 atom stereocenters. The van der Waals surface area contributed by atoms with Crippen molar-refractivity contribution in [2.75, 3.05) is 14.2 Å². The van der Waals surface area contributed by atoms with Crippen molar-refractivity contribution >= 4 is 21.8 Å². The summed E-state index contributed by atoms with van der Waals surface area (Å²) in [7, 11) is 3.50. The predicted molar refractivity (Wildman–Crippen MR) is 103 cm³/mol. The van der Waals surface area contributed by atoms with E-state index in [9.17, 15) is 4.79 Å². The molecule has 0 radical (unpaired) electrons. The standard InChI is InChI=1S/C20H27BrN2O2/c1-13(22)23(3)18(24)19(2)17-11-15(21)6-5-14(17)12-20(19)9-7-16(25-4)8-10-20/h5-6,11,16H,1,7-10,12,22H2,2-4H3. The summed E-state index contributed by atoms with van der Waals surface area (Å²) in [5.41, 5.74) is 7.55. The highest BCUT2D eigenvalue weighted by molar-refractivity contribution is 9.10. The fourth-order valence-corrected chi connectivity index (χ4v) is 5.22. The third kappa shape index (κ3) is 2.72. The Morgan fingerprint density at radius 3 is 2.60 bits per heavy atom. The van der Waals surface area contributed by atoms with Crippen LogP contribution in [0.5, 0.6) is 0 Å². The van der Waals surface area contributed by atoms with Gasteiger partial charge < -0.3 is 15.4 Å².